The molecule has 0 aliphatic carbocycles. The van der Waals surface area contributed by atoms with Gasteiger partial charge >= 0.3 is 5.97 Å². The molecule has 0 saturated carbocycles. The van der Waals surface area contributed by atoms with Crippen LogP contribution in [0.2, 0.25) is 0 Å². The van der Waals surface area contributed by atoms with Crippen molar-refractivity contribution in [2.45, 2.75) is 44.4 Å². The Bertz CT molecular complexity index is 1190. The molecule has 0 spiro atoms. The molecule has 1 saturated heterocycles. The zero-order chi connectivity index (χ0) is 26.0. The largest absolute Gasteiger partial charge is 0.493 e. The minimum atomic E-state index is -0.248. The zero-order valence-corrected chi connectivity index (χ0v) is 21.6. The van der Waals surface area contributed by atoms with Crippen molar-refractivity contribution in [2.75, 3.05) is 27.3 Å². The van der Waals surface area contributed by atoms with Gasteiger partial charge < -0.3 is 19.1 Å². The maximum Gasteiger partial charge on any atom is 0.309 e. The van der Waals surface area contributed by atoms with Gasteiger partial charge in [0.15, 0.2) is 5.75 Å². The smallest absolute Gasteiger partial charge is 0.309 e. The van der Waals surface area contributed by atoms with E-state index in [1.54, 1.807) is 20.7 Å². The highest BCUT2D eigenvalue weighted by atomic mass is 16.5. The molecular formula is C29H33BN3O4. The molecule has 37 heavy (non-hydrogen) atoms. The monoisotopic (exact) mass is 498 g/mol. The van der Waals surface area contributed by atoms with Crippen LogP contribution in [0.3, 0.4) is 0 Å². The van der Waals surface area contributed by atoms with Gasteiger partial charge in [0.25, 0.3) is 7.41 Å². The second-order valence-electron chi connectivity index (χ2n) is 9.34. The first-order chi connectivity index (χ1) is 18.1. The molecular weight excluding hydrogens is 465 g/mol. The van der Waals surface area contributed by atoms with Crippen LogP contribution in [0.4, 0.5) is 0 Å². The molecule has 0 bridgehead atoms. The normalized spacial score (nSPS) is 14.2. The number of aryl methyl sites for hydroxylation is 2. The van der Waals surface area contributed by atoms with Crippen LogP contribution in [-0.2, 0) is 40.0 Å². The molecule has 2 aromatic carbocycles. The summed E-state index contributed by atoms with van der Waals surface area (Å²) in [5, 5.41) is 0. The van der Waals surface area contributed by atoms with Gasteiger partial charge in [0.2, 0.25) is 0 Å². The first kappa shape index (κ1) is 26.5. The fourth-order valence-corrected chi connectivity index (χ4v) is 4.89. The lowest BCUT2D eigenvalue weighted by molar-refractivity contribution is -0.139. The Hall–Kier alpha value is -3.52. The van der Waals surface area contributed by atoms with Crippen molar-refractivity contribution in [3.05, 3.63) is 88.5 Å². The summed E-state index contributed by atoms with van der Waals surface area (Å²) < 4.78 is 10.4. The summed E-state index contributed by atoms with van der Waals surface area (Å²) in [6.07, 6.45) is 7.03. The number of hydrogen-bond donors (Lipinski definition) is 0. The summed E-state index contributed by atoms with van der Waals surface area (Å²) >= 11 is 0. The van der Waals surface area contributed by atoms with Gasteiger partial charge in [-0.3, -0.25) is 4.79 Å². The molecule has 7 nitrogen and oxygen atoms in total. The van der Waals surface area contributed by atoms with Gasteiger partial charge in [-0.15, -0.1) is 0 Å². The maximum atomic E-state index is 11.8. The van der Waals surface area contributed by atoms with Crippen molar-refractivity contribution >= 4 is 19.6 Å². The van der Waals surface area contributed by atoms with Gasteiger partial charge in [-0.1, -0.05) is 48.5 Å². The van der Waals surface area contributed by atoms with Crippen molar-refractivity contribution in [2.24, 2.45) is 0 Å². The molecule has 0 amide bonds. The predicted molar refractivity (Wildman–Crippen MR) is 143 cm³/mol. The van der Waals surface area contributed by atoms with Crippen molar-refractivity contribution in [3.63, 3.8) is 0 Å². The third-order valence-corrected chi connectivity index (χ3v) is 7.03. The van der Waals surface area contributed by atoms with Crippen LogP contribution < -0.4 is 4.74 Å². The van der Waals surface area contributed by atoms with E-state index in [2.05, 4.69) is 34.1 Å². The van der Waals surface area contributed by atoms with E-state index in [1.165, 1.54) is 12.7 Å². The first-order valence-corrected chi connectivity index (χ1v) is 12.7. The van der Waals surface area contributed by atoms with Gasteiger partial charge in [0, 0.05) is 6.42 Å². The topological polar surface area (TPSA) is 81.6 Å². The number of carbonyl (C=O) groups excluding carboxylic acids is 2. The molecule has 2 heterocycles. The van der Waals surface area contributed by atoms with E-state index >= 15 is 0 Å². The van der Waals surface area contributed by atoms with Crippen molar-refractivity contribution in [3.8, 4) is 5.75 Å². The van der Waals surface area contributed by atoms with Gasteiger partial charge in [0.1, 0.15) is 5.82 Å². The van der Waals surface area contributed by atoms with Crippen LogP contribution in [-0.4, -0.2) is 61.7 Å². The predicted octanol–water partition coefficient (Wildman–Crippen LogP) is 3.57. The van der Waals surface area contributed by atoms with Crippen LogP contribution in [0.25, 0.3) is 0 Å². The number of esters is 1. The molecule has 0 unspecified atom stereocenters. The summed E-state index contributed by atoms with van der Waals surface area (Å²) in [4.78, 5) is 34.0. The molecule has 0 N–H and O–H groups in total. The van der Waals surface area contributed by atoms with Crippen LogP contribution in [0.15, 0.2) is 54.7 Å². The Labute approximate surface area is 219 Å². The lowest BCUT2D eigenvalue weighted by atomic mass is 9.84. The molecule has 1 aromatic heterocycles. The Kier molecular flexibility index (Phi) is 9.43. The fraction of sp³-hybridized carbons (Fsp3) is 0.379. The Morgan fingerprint density at radius 2 is 1.78 bits per heavy atom. The summed E-state index contributed by atoms with van der Waals surface area (Å²) in [6.45, 7) is 1.83. The van der Waals surface area contributed by atoms with Crippen LogP contribution in [0.1, 0.15) is 52.5 Å². The minimum absolute atomic E-state index is 0.248. The first-order valence-electron chi connectivity index (χ1n) is 12.7. The molecule has 8 heteroatoms. The van der Waals surface area contributed by atoms with Crippen molar-refractivity contribution in [1.29, 1.82) is 0 Å². The number of ether oxygens (including phenoxy) is 2. The number of rotatable bonds is 11. The molecule has 191 valence electrons. The average Bonchev–Trinajstić information content (AvgIpc) is 2.93. The Morgan fingerprint density at radius 1 is 1.05 bits per heavy atom. The Morgan fingerprint density at radius 3 is 2.46 bits per heavy atom. The number of hydrogen-bond acceptors (Lipinski definition) is 7. The molecule has 1 fully saturated rings. The van der Waals surface area contributed by atoms with Gasteiger partial charge in [-0.05, 0) is 66.9 Å². The number of carbonyl (C=O) groups is 2. The van der Waals surface area contributed by atoms with Gasteiger partial charge in [-0.2, -0.15) is 0 Å². The maximum absolute atomic E-state index is 11.8. The van der Waals surface area contributed by atoms with E-state index in [0.29, 0.717) is 24.5 Å². The van der Waals surface area contributed by atoms with E-state index in [0.717, 1.165) is 66.7 Å². The standard InChI is InChI=1S/C29H33BN3O4/c1-36-27-19-31-28(32-26(27)12-11-22-5-3-4-6-25(22)18-29(35)37-2)17-21-7-9-23(10-8-21)24-13-15-33(16-14-24)30-20-34/h3-10,19-20,24H,11-18H2,1-2H3. The van der Waals surface area contributed by atoms with Crippen LogP contribution in [0.5, 0.6) is 5.75 Å². The second-order valence-corrected chi connectivity index (χ2v) is 9.34. The Balaban J connectivity index is 1.40. The van der Waals surface area contributed by atoms with E-state index in [9.17, 15) is 9.59 Å². The van der Waals surface area contributed by atoms with Crippen LogP contribution >= 0.6 is 0 Å². The van der Waals surface area contributed by atoms with Gasteiger partial charge in [0.05, 0.1) is 38.7 Å². The third kappa shape index (κ3) is 7.26. The van der Waals surface area contributed by atoms with Gasteiger partial charge in [-0.25, -0.2) is 9.97 Å². The highest BCUT2D eigenvalue weighted by Crippen LogP contribution is 2.28. The molecule has 1 aliphatic heterocycles. The second kappa shape index (κ2) is 13.2. The van der Waals surface area contributed by atoms with E-state index < -0.39 is 0 Å². The summed E-state index contributed by atoms with van der Waals surface area (Å²) in [5.74, 6) is 1.70. The summed E-state index contributed by atoms with van der Waals surface area (Å²) in [5.41, 5.74) is 5.43. The number of aromatic nitrogens is 2. The number of benzene rings is 2. The van der Waals surface area contributed by atoms with Crippen molar-refractivity contribution < 1.29 is 19.1 Å². The highest BCUT2D eigenvalue weighted by Gasteiger charge is 2.20. The SMILES string of the molecule is COC(=O)Cc1ccccc1CCc1nc(Cc2ccc(C3CCN([B]C=O)CC3)cc2)ncc1OC. The van der Waals surface area contributed by atoms with Crippen molar-refractivity contribution in [1.82, 2.24) is 14.8 Å². The lowest BCUT2D eigenvalue weighted by Gasteiger charge is -2.30. The van der Waals surface area contributed by atoms with E-state index in [1.807, 2.05) is 24.3 Å². The van der Waals surface area contributed by atoms with E-state index in [4.69, 9.17) is 14.5 Å². The average molecular weight is 498 g/mol. The number of piperidine rings is 1. The van der Waals surface area contributed by atoms with Crippen LogP contribution in [0, 0.1) is 0 Å². The third-order valence-electron chi connectivity index (χ3n) is 7.03. The number of methoxy groups -OCH3 is 2. The molecule has 0 atom stereocenters. The molecule has 3 aromatic rings. The quantitative estimate of drug-likeness (QED) is 0.227. The highest BCUT2D eigenvalue weighted by molar-refractivity contribution is 6.64. The molecule has 1 radical (unpaired) electrons. The minimum Gasteiger partial charge on any atom is -0.493 e. The lowest BCUT2D eigenvalue weighted by Crippen LogP contribution is -2.36. The van der Waals surface area contributed by atoms with E-state index in [-0.39, 0.29) is 12.4 Å². The number of nitrogens with zero attached hydrogens (tertiary/aromatic N) is 3. The molecule has 4 rings (SSSR count). The zero-order valence-electron chi connectivity index (χ0n) is 21.6. The summed E-state index contributed by atoms with van der Waals surface area (Å²) in [6, 6.07) is 16.7. The summed E-state index contributed by atoms with van der Waals surface area (Å²) in [7, 11) is 4.68. The fourth-order valence-electron chi connectivity index (χ4n) is 4.89. The molecule has 1 aliphatic rings.